The van der Waals surface area contributed by atoms with Crippen molar-refractivity contribution in [1.82, 2.24) is 4.90 Å². The zero-order valence-corrected chi connectivity index (χ0v) is 18.4. The van der Waals surface area contributed by atoms with Crippen LogP contribution in [0.4, 0.5) is 0 Å². The van der Waals surface area contributed by atoms with Crippen molar-refractivity contribution in [2.75, 3.05) is 13.1 Å². The summed E-state index contributed by atoms with van der Waals surface area (Å²) in [5, 5.41) is 0.796. The fourth-order valence-corrected chi connectivity index (χ4v) is 3.43. The summed E-state index contributed by atoms with van der Waals surface area (Å²) in [5.41, 5.74) is 5.58. The molecule has 0 aromatic rings. The minimum Gasteiger partial charge on any atom is -0.355 e. The SMILES string of the molecule is C=C(C)C(/C(Cl)=C(\C)CC)=C(\N=C(C)C)N1CCC(/C(C)=C/C=C\C)C1. The molecule has 1 atom stereocenters. The van der Waals surface area contributed by atoms with Gasteiger partial charge in [-0.3, -0.25) is 0 Å². The Kier molecular flexibility index (Phi) is 9.15. The molecule has 1 rings (SSSR count). The van der Waals surface area contributed by atoms with E-state index in [1.165, 1.54) is 11.1 Å². The van der Waals surface area contributed by atoms with Crippen molar-refractivity contribution in [3.8, 4) is 0 Å². The van der Waals surface area contributed by atoms with Crippen molar-refractivity contribution in [2.24, 2.45) is 10.9 Å². The Bertz CT molecular complexity index is 670. The molecule has 26 heavy (non-hydrogen) atoms. The first-order valence-corrected chi connectivity index (χ1v) is 9.92. The minimum atomic E-state index is 0.551. The van der Waals surface area contributed by atoms with Gasteiger partial charge in [0.2, 0.25) is 0 Å². The summed E-state index contributed by atoms with van der Waals surface area (Å²) in [5.74, 6) is 1.52. The van der Waals surface area contributed by atoms with E-state index in [9.17, 15) is 0 Å². The molecule has 0 saturated carbocycles. The molecule has 0 radical (unpaired) electrons. The fraction of sp³-hybridized carbons (Fsp3) is 0.522. The van der Waals surface area contributed by atoms with Crippen LogP contribution in [0.15, 0.2) is 62.9 Å². The molecule has 0 aliphatic carbocycles. The average molecular weight is 375 g/mol. The number of hydrogen-bond acceptors (Lipinski definition) is 2. The molecular weight excluding hydrogens is 340 g/mol. The van der Waals surface area contributed by atoms with Crippen molar-refractivity contribution in [3.05, 3.63) is 58.0 Å². The van der Waals surface area contributed by atoms with Crippen LogP contribution in [0.1, 0.15) is 61.3 Å². The molecule has 144 valence electrons. The highest BCUT2D eigenvalue weighted by Gasteiger charge is 2.28. The van der Waals surface area contributed by atoms with Crippen molar-refractivity contribution in [1.29, 1.82) is 0 Å². The Morgan fingerprint density at radius 1 is 1.23 bits per heavy atom. The largest absolute Gasteiger partial charge is 0.355 e. The molecule has 0 spiro atoms. The maximum atomic E-state index is 6.76. The van der Waals surface area contributed by atoms with Crippen LogP contribution in [0.2, 0.25) is 0 Å². The molecule has 2 nitrogen and oxygen atoms in total. The molecule has 3 heteroatoms. The van der Waals surface area contributed by atoms with Crippen LogP contribution in [0.5, 0.6) is 0 Å². The van der Waals surface area contributed by atoms with E-state index in [-0.39, 0.29) is 0 Å². The quantitative estimate of drug-likeness (QED) is 0.345. The molecule has 1 saturated heterocycles. The van der Waals surface area contributed by atoms with Crippen LogP contribution in [0, 0.1) is 5.92 Å². The van der Waals surface area contributed by atoms with Gasteiger partial charge in [0.15, 0.2) is 0 Å². The highest BCUT2D eigenvalue weighted by molar-refractivity contribution is 6.32. The number of likely N-dealkylation sites (tertiary alicyclic amines) is 1. The van der Waals surface area contributed by atoms with Gasteiger partial charge < -0.3 is 4.90 Å². The lowest BCUT2D eigenvalue weighted by atomic mass is 9.99. The molecule has 1 aliphatic rings. The monoisotopic (exact) mass is 374 g/mol. The minimum absolute atomic E-state index is 0.551. The van der Waals surface area contributed by atoms with Crippen LogP contribution in [-0.2, 0) is 0 Å². The summed E-state index contributed by atoms with van der Waals surface area (Å²) in [6, 6.07) is 0. The lowest BCUT2D eigenvalue weighted by Gasteiger charge is -2.24. The summed E-state index contributed by atoms with van der Waals surface area (Å²) in [6.45, 7) is 20.7. The smallest absolute Gasteiger partial charge is 0.137 e. The highest BCUT2D eigenvalue weighted by atomic mass is 35.5. The summed E-state index contributed by atoms with van der Waals surface area (Å²) in [7, 11) is 0. The molecule has 0 bridgehead atoms. The summed E-state index contributed by atoms with van der Waals surface area (Å²) < 4.78 is 0. The predicted molar refractivity (Wildman–Crippen MR) is 118 cm³/mol. The number of rotatable bonds is 7. The van der Waals surface area contributed by atoms with Gasteiger partial charge in [0.25, 0.3) is 0 Å². The van der Waals surface area contributed by atoms with E-state index < -0.39 is 0 Å². The summed E-state index contributed by atoms with van der Waals surface area (Å²) in [4.78, 5) is 7.26. The van der Waals surface area contributed by atoms with Crippen molar-refractivity contribution in [3.63, 3.8) is 0 Å². The summed E-state index contributed by atoms with van der Waals surface area (Å²) >= 11 is 6.76. The molecular formula is C23H35ClN2. The lowest BCUT2D eigenvalue weighted by Crippen LogP contribution is -2.22. The molecule has 1 fully saturated rings. The van der Waals surface area contributed by atoms with Crippen LogP contribution >= 0.6 is 11.6 Å². The van der Waals surface area contributed by atoms with E-state index in [4.69, 9.17) is 16.6 Å². The van der Waals surface area contributed by atoms with Gasteiger partial charge in [-0.1, -0.05) is 54.5 Å². The van der Waals surface area contributed by atoms with Crippen LogP contribution in [0.25, 0.3) is 0 Å². The average Bonchev–Trinajstić information content (AvgIpc) is 3.07. The fourth-order valence-electron chi connectivity index (χ4n) is 3.05. The number of aliphatic imine (C=N–C) groups is 1. The van der Waals surface area contributed by atoms with Crippen molar-refractivity contribution in [2.45, 2.75) is 61.3 Å². The van der Waals surface area contributed by atoms with Crippen LogP contribution < -0.4 is 0 Å². The molecule has 0 aromatic heterocycles. The predicted octanol–water partition coefficient (Wildman–Crippen LogP) is 7.02. The maximum Gasteiger partial charge on any atom is 0.137 e. The van der Waals surface area contributed by atoms with Gasteiger partial charge in [-0.05, 0) is 65.9 Å². The molecule has 0 N–H and O–H groups in total. The molecule has 1 heterocycles. The topological polar surface area (TPSA) is 15.6 Å². The third kappa shape index (κ3) is 6.02. The Morgan fingerprint density at radius 2 is 1.88 bits per heavy atom. The van der Waals surface area contributed by atoms with E-state index in [0.29, 0.717) is 5.92 Å². The number of hydrogen-bond donors (Lipinski definition) is 0. The van der Waals surface area contributed by atoms with Gasteiger partial charge in [-0.25, -0.2) is 4.99 Å². The molecule has 0 amide bonds. The number of halogens is 1. The second kappa shape index (κ2) is 10.6. The first-order chi connectivity index (χ1) is 12.2. The highest BCUT2D eigenvalue weighted by Crippen LogP contribution is 2.35. The normalized spacial score (nSPS) is 20.2. The zero-order chi connectivity index (χ0) is 19.9. The first kappa shape index (κ1) is 22.5. The molecule has 1 aliphatic heterocycles. The Morgan fingerprint density at radius 3 is 2.38 bits per heavy atom. The zero-order valence-electron chi connectivity index (χ0n) is 17.6. The van der Waals surface area contributed by atoms with E-state index in [2.05, 4.69) is 50.5 Å². The van der Waals surface area contributed by atoms with Gasteiger partial charge in [-0.15, -0.1) is 0 Å². The number of allylic oxidation sites excluding steroid dienone is 7. The van der Waals surface area contributed by atoms with Crippen molar-refractivity contribution < 1.29 is 0 Å². The summed E-state index contributed by atoms with van der Waals surface area (Å²) in [6.07, 6.45) is 8.47. The third-order valence-electron chi connectivity index (χ3n) is 4.79. The second-order valence-corrected chi connectivity index (χ2v) is 7.73. The van der Waals surface area contributed by atoms with Crippen molar-refractivity contribution >= 4 is 17.3 Å². The third-order valence-corrected chi connectivity index (χ3v) is 5.30. The first-order valence-electron chi connectivity index (χ1n) is 9.54. The Hall–Kier alpha value is -1.54. The van der Waals surface area contributed by atoms with E-state index >= 15 is 0 Å². The van der Waals surface area contributed by atoms with Gasteiger partial charge in [-0.2, -0.15) is 0 Å². The maximum absolute atomic E-state index is 6.76. The molecule has 1 unspecified atom stereocenters. The standard InChI is InChI=1S/C23H35ClN2/c1-9-11-12-19(8)20-13-14-26(15-20)23(25-17(5)6)21(16(3)4)22(24)18(7)10-2/h9,11-12,20H,3,10,13-15H2,1-2,4-8H3/b11-9-,19-12+,22-18-,23-21-. The van der Waals surface area contributed by atoms with Gasteiger partial charge in [0.1, 0.15) is 5.82 Å². The van der Waals surface area contributed by atoms with Crippen LogP contribution in [-0.4, -0.2) is 23.7 Å². The van der Waals surface area contributed by atoms with E-state index in [1.807, 2.05) is 27.7 Å². The van der Waals surface area contributed by atoms with E-state index in [1.54, 1.807) is 0 Å². The second-order valence-electron chi connectivity index (χ2n) is 7.35. The molecule has 0 aromatic carbocycles. The van der Waals surface area contributed by atoms with Gasteiger partial charge >= 0.3 is 0 Å². The van der Waals surface area contributed by atoms with Gasteiger partial charge in [0, 0.05) is 24.4 Å². The lowest BCUT2D eigenvalue weighted by molar-refractivity contribution is 0.407. The van der Waals surface area contributed by atoms with Gasteiger partial charge in [0.05, 0.1) is 5.03 Å². The van der Waals surface area contributed by atoms with E-state index in [0.717, 1.165) is 53.6 Å². The Labute approximate surface area is 165 Å². The Balaban J connectivity index is 3.38. The number of nitrogens with zero attached hydrogens (tertiary/aromatic N) is 2. The van der Waals surface area contributed by atoms with Crippen LogP contribution in [0.3, 0.4) is 0 Å².